The molecule has 0 saturated heterocycles. The first-order valence-corrected chi connectivity index (χ1v) is 7.94. The van der Waals surface area contributed by atoms with Gasteiger partial charge in [-0.1, -0.05) is 12.1 Å². The van der Waals surface area contributed by atoms with Crippen molar-refractivity contribution < 1.29 is 0 Å². The Morgan fingerprint density at radius 1 is 0.500 bits per heavy atom. The quantitative estimate of drug-likeness (QED) is 0.312. The monoisotopic (exact) mass is 310 g/mol. The van der Waals surface area contributed by atoms with Gasteiger partial charge < -0.3 is 0 Å². The normalized spacial score (nSPS) is 11.8. The van der Waals surface area contributed by atoms with Crippen LogP contribution in [0.3, 0.4) is 0 Å². The number of aryl methyl sites for hydroxylation is 2. The molecule has 0 unspecified atom stereocenters. The summed E-state index contributed by atoms with van der Waals surface area (Å²) in [6, 6.07) is 16.1. The summed E-state index contributed by atoms with van der Waals surface area (Å²) in [6.07, 6.45) is 0. The maximum absolute atomic E-state index is 4.88. The van der Waals surface area contributed by atoms with Crippen molar-refractivity contribution >= 4 is 43.9 Å². The second-order valence-electron chi connectivity index (χ2n) is 6.11. The Balaban J connectivity index is 2.14. The molecule has 4 heteroatoms. The molecule has 0 aliphatic rings. The lowest BCUT2D eigenvalue weighted by molar-refractivity contribution is 1.23. The highest BCUT2D eigenvalue weighted by molar-refractivity contribution is 6.21. The largest absolute Gasteiger partial charge is 0.251 e. The van der Waals surface area contributed by atoms with Gasteiger partial charge in [0.2, 0.25) is 0 Å². The number of nitrogens with zero attached hydrogens (tertiary/aromatic N) is 4. The van der Waals surface area contributed by atoms with Crippen LogP contribution in [0, 0.1) is 13.8 Å². The van der Waals surface area contributed by atoms with Crippen molar-refractivity contribution in [3.63, 3.8) is 0 Å². The number of para-hydroxylation sites is 2. The summed E-state index contributed by atoms with van der Waals surface area (Å²) in [6.45, 7) is 3.99. The fourth-order valence-corrected chi connectivity index (χ4v) is 3.23. The van der Waals surface area contributed by atoms with Gasteiger partial charge in [0.05, 0.1) is 33.1 Å². The zero-order valence-corrected chi connectivity index (χ0v) is 13.4. The van der Waals surface area contributed by atoms with Gasteiger partial charge in [0, 0.05) is 22.2 Å². The molecule has 24 heavy (non-hydrogen) atoms. The van der Waals surface area contributed by atoms with Gasteiger partial charge in [-0.3, -0.25) is 9.97 Å². The molecule has 5 aromatic rings. The van der Waals surface area contributed by atoms with Crippen molar-refractivity contribution in [2.45, 2.75) is 13.8 Å². The number of rotatable bonds is 0. The molecule has 0 aliphatic carbocycles. The SMILES string of the molecule is Cc1ccc2c(n1)c1nc(C)ccc1c1nc3ccccc3nc21. The maximum Gasteiger partial charge on any atom is 0.0996 e. The molecule has 4 nitrogen and oxygen atoms in total. The molecular formula is C20H14N4. The molecule has 2 aromatic carbocycles. The van der Waals surface area contributed by atoms with Crippen molar-refractivity contribution in [1.29, 1.82) is 0 Å². The lowest BCUT2D eigenvalue weighted by atomic mass is 10.1. The first kappa shape index (κ1) is 13.3. The zero-order valence-electron chi connectivity index (χ0n) is 13.4. The Labute approximate surface area is 138 Å². The zero-order chi connectivity index (χ0) is 16.3. The van der Waals surface area contributed by atoms with Gasteiger partial charge in [0.25, 0.3) is 0 Å². The average molecular weight is 310 g/mol. The number of hydrogen-bond donors (Lipinski definition) is 0. The number of pyridine rings is 2. The number of fused-ring (bicyclic) bond motifs is 7. The highest BCUT2D eigenvalue weighted by atomic mass is 14.8. The minimum Gasteiger partial charge on any atom is -0.251 e. The molecule has 0 atom stereocenters. The van der Waals surface area contributed by atoms with E-state index in [1.54, 1.807) is 0 Å². The van der Waals surface area contributed by atoms with Gasteiger partial charge in [-0.15, -0.1) is 0 Å². The third kappa shape index (κ3) is 1.80. The van der Waals surface area contributed by atoms with E-state index in [1.165, 1.54) is 0 Å². The summed E-state index contributed by atoms with van der Waals surface area (Å²) in [7, 11) is 0. The van der Waals surface area contributed by atoms with Crippen molar-refractivity contribution in [2.24, 2.45) is 0 Å². The Morgan fingerprint density at radius 3 is 1.38 bits per heavy atom. The Bertz CT molecular complexity index is 1180. The van der Waals surface area contributed by atoms with Crippen LogP contribution < -0.4 is 0 Å². The Hall–Kier alpha value is -3.14. The van der Waals surface area contributed by atoms with Crippen LogP contribution >= 0.6 is 0 Å². The van der Waals surface area contributed by atoms with Crippen LogP contribution in [0.15, 0.2) is 48.5 Å². The van der Waals surface area contributed by atoms with E-state index in [0.717, 1.165) is 55.3 Å². The van der Waals surface area contributed by atoms with Gasteiger partial charge in [-0.05, 0) is 50.2 Å². The van der Waals surface area contributed by atoms with Gasteiger partial charge in [-0.2, -0.15) is 0 Å². The molecule has 0 fully saturated rings. The molecule has 0 bridgehead atoms. The van der Waals surface area contributed by atoms with E-state index < -0.39 is 0 Å². The van der Waals surface area contributed by atoms with Crippen molar-refractivity contribution in [2.75, 3.05) is 0 Å². The van der Waals surface area contributed by atoms with E-state index >= 15 is 0 Å². The molecule has 0 spiro atoms. The minimum atomic E-state index is 0.884. The van der Waals surface area contributed by atoms with E-state index in [-0.39, 0.29) is 0 Å². The molecule has 114 valence electrons. The topological polar surface area (TPSA) is 51.6 Å². The van der Waals surface area contributed by atoms with E-state index in [9.17, 15) is 0 Å². The van der Waals surface area contributed by atoms with Crippen LogP contribution in [-0.4, -0.2) is 19.9 Å². The Morgan fingerprint density at radius 2 is 0.917 bits per heavy atom. The van der Waals surface area contributed by atoms with Crippen molar-refractivity contribution in [3.05, 3.63) is 59.9 Å². The van der Waals surface area contributed by atoms with Crippen LogP contribution in [0.5, 0.6) is 0 Å². The first-order chi connectivity index (χ1) is 11.7. The summed E-state index contributed by atoms with van der Waals surface area (Å²) < 4.78 is 0. The predicted octanol–water partition coefficient (Wildman–Crippen LogP) is 4.50. The second kappa shape index (κ2) is 4.68. The second-order valence-corrected chi connectivity index (χ2v) is 6.11. The standard InChI is InChI=1S/C20H14N4/c1-11-7-9-13-17(21-11)18-14(10-8-12(2)22-18)20-19(13)23-15-5-3-4-6-16(15)24-20/h3-10H,1-2H3. The number of benzene rings is 2. The third-order valence-electron chi connectivity index (χ3n) is 4.37. The minimum absolute atomic E-state index is 0.884. The maximum atomic E-state index is 4.88. The fraction of sp³-hybridized carbons (Fsp3) is 0.100. The summed E-state index contributed by atoms with van der Waals surface area (Å²) >= 11 is 0. The molecule has 0 amide bonds. The molecule has 0 saturated carbocycles. The van der Waals surface area contributed by atoms with E-state index in [2.05, 4.69) is 12.1 Å². The van der Waals surface area contributed by atoms with Gasteiger partial charge in [0.1, 0.15) is 0 Å². The van der Waals surface area contributed by atoms with Crippen molar-refractivity contribution in [3.8, 4) is 0 Å². The molecule has 0 N–H and O–H groups in total. The smallest absolute Gasteiger partial charge is 0.0996 e. The summed E-state index contributed by atoms with van der Waals surface area (Å²) in [4.78, 5) is 19.2. The lowest BCUT2D eigenvalue weighted by Crippen LogP contribution is -1.95. The van der Waals surface area contributed by atoms with Crippen LogP contribution in [0.25, 0.3) is 43.9 Å². The Kier molecular flexibility index (Phi) is 2.59. The average Bonchev–Trinajstić information content (AvgIpc) is 2.60. The molecule has 0 radical (unpaired) electrons. The molecule has 5 rings (SSSR count). The van der Waals surface area contributed by atoms with Crippen LogP contribution in [0.4, 0.5) is 0 Å². The van der Waals surface area contributed by atoms with Crippen LogP contribution in [0.2, 0.25) is 0 Å². The molecule has 3 aromatic heterocycles. The summed E-state index contributed by atoms with van der Waals surface area (Å²) in [5, 5.41) is 2.00. The molecular weight excluding hydrogens is 296 g/mol. The molecule has 3 heterocycles. The lowest BCUT2D eigenvalue weighted by Gasteiger charge is -2.10. The summed E-state index contributed by atoms with van der Waals surface area (Å²) in [5.41, 5.74) is 7.29. The fourth-order valence-electron chi connectivity index (χ4n) is 3.23. The summed E-state index contributed by atoms with van der Waals surface area (Å²) in [5.74, 6) is 0. The van der Waals surface area contributed by atoms with Gasteiger partial charge in [0.15, 0.2) is 0 Å². The van der Waals surface area contributed by atoms with Crippen LogP contribution in [0.1, 0.15) is 11.4 Å². The highest BCUT2D eigenvalue weighted by Gasteiger charge is 2.14. The predicted molar refractivity (Wildman–Crippen MR) is 97.1 cm³/mol. The first-order valence-electron chi connectivity index (χ1n) is 7.94. The highest BCUT2D eigenvalue weighted by Crippen LogP contribution is 2.32. The number of aromatic nitrogens is 4. The van der Waals surface area contributed by atoms with E-state index in [0.29, 0.717) is 0 Å². The van der Waals surface area contributed by atoms with E-state index in [4.69, 9.17) is 19.9 Å². The van der Waals surface area contributed by atoms with Gasteiger partial charge >= 0.3 is 0 Å². The van der Waals surface area contributed by atoms with E-state index in [1.807, 2.05) is 50.2 Å². The van der Waals surface area contributed by atoms with Crippen LogP contribution in [-0.2, 0) is 0 Å². The molecule has 0 aliphatic heterocycles. The van der Waals surface area contributed by atoms with Crippen molar-refractivity contribution in [1.82, 2.24) is 19.9 Å². The third-order valence-corrected chi connectivity index (χ3v) is 4.37. The number of hydrogen-bond acceptors (Lipinski definition) is 4. The van der Waals surface area contributed by atoms with Gasteiger partial charge in [-0.25, -0.2) is 9.97 Å².